The van der Waals surface area contributed by atoms with E-state index in [1.807, 2.05) is 24.3 Å². The lowest BCUT2D eigenvalue weighted by atomic mass is 10.3. The van der Waals surface area contributed by atoms with Crippen LogP contribution in [0.2, 0.25) is 0 Å². The van der Waals surface area contributed by atoms with E-state index in [-0.39, 0.29) is 6.61 Å². The van der Waals surface area contributed by atoms with Crippen LogP contribution in [0.5, 0.6) is 29.0 Å². The van der Waals surface area contributed by atoms with Crippen LogP contribution >= 0.6 is 15.9 Å². The molecule has 0 saturated carbocycles. The number of nitrogens with zero attached hydrogens (tertiary/aromatic N) is 3. The minimum atomic E-state index is 0.281. The number of hydrogen-bond donors (Lipinski definition) is 0. The largest absolute Gasteiger partial charge is 0.497 e. The third kappa shape index (κ3) is 5.06. The molecular weight excluding hydrogens is 402 g/mol. The molecule has 0 fully saturated rings. The number of ether oxygens (including phenoxy) is 4. The topological polar surface area (TPSA) is 75.6 Å². The van der Waals surface area contributed by atoms with Crippen molar-refractivity contribution in [1.29, 1.82) is 0 Å². The Morgan fingerprint density at radius 2 is 1.81 bits per heavy atom. The molecule has 0 atom stereocenters. The lowest BCUT2D eigenvalue weighted by molar-refractivity contribution is 0.202. The standard InChI is InChI=1S/C18H16BrN3O4/c1-23-14-3-2-4-15(9-14)26-16-11-20-12-22-18(16)25-8-7-24-17-6-5-13(19)10-21-17/h2-6,9-12H,7-8H2,1H3. The molecule has 0 aliphatic heterocycles. The normalized spacial score (nSPS) is 10.2. The van der Waals surface area contributed by atoms with Crippen LogP contribution in [-0.2, 0) is 0 Å². The Hall–Kier alpha value is -2.87. The maximum atomic E-state index is 5.79. The van der Waals surface area contributed by atoms with Crippen LogP contribution in [0.1, 0.15) is 0 Å². The predicted molar refractivity (Wildman–Crippen MR) is 98.0 cm³/mol. The summed E-state index contributed by atoms with van der Waals surface area (Å²) in [4.78, 5) is 12.2. The summed E-state index contributed by atoms with van der Waals surface area (Å²) >= 11 is 3.32. The van der Waals surface area contributed by atoms with Gasteiger partial charge in [0.2, 0.25) is 11.6 Å². The molecule has 0 amide bonds. The van der Waals surface area contributed by atoms with Gasteiger partial charge in [0, 0.05) is 22.8 Å². The molecule has 2 heterocycles. The smallest absolute Gasteiger partial charge is 0.260 e. The fourth-order valence-electron chi connectivity index (χ4n) is 2.01. The van der Waals surface area contributed by atoms with Gasteiger partial charge in [0.1, 0.15) is 31.0 Å². The van der Waals surface area contributed by atoms with Crippen molar-refractivity contribution < 1.29 is 18.9 Å². The number of pyridine rings is 1. The average Bonchev–Trinajstić information content (AvgIpc) is 2.68. The van der Waals surface area contributed by atoms with Crippen LogP contribution in [-0.4, -0.2) is 35.3 Å². The molecule has 134 valence electrons. The van der Waals surface area contributed by atoms with E-state index in [1.54, 1.807) is 31.6 Å². The van der Waals surface area contributed by atoms with E-state index in [2.05, 4.69) is 30.9 Å². The van der Waals surface area contributed by atoms with Crippen LogP contribution in [0.25, 0.3) is 0 Å². The van der Waals surface area contributed by atoms with Gasteiger partial charge in [-0.3, -0.25) is 0 Å². The second kappa shape index (κ2) is 9.00. The van der Waals surface area contributed by atoms with Crippen LogP contribution in [0, 0.1) is 0 Å². The van der Waals surface area contributed by atoms with Gasteiger partial charge in [-0.25, -0.2) is 9.97 Å². The molecule has 0 spiro atoms. The first-order valence-corrected chi connectivity index (χ1v) is 8.53. The molecule has 0 bridgehead atoms. The number of methoxy groups -OCH3 is 1. The predicted octanol–water partition coefficient (Wildman–Crippen LogP) is 3.89. The van der Waals surface area contributed by atoms with Crippen LogP contribution < -0.4 is 18.9 Å². The van der Waals surface area contributed by atoms with Crippen LogP contribution in [0.3, 0.4) is 0 Å². The van der Waals surface area contributed by atoms with E-state index in [0.29, 0.717) is 35.6 Å². The van der Waals surface area contributed by atoms with Gasteiger partial charge in [0.15, 0.2) is 0 Å². The second-order valence-corrected chi connectivity index (χ2v) is 5.90. The molecule has 0 aliphatic carbocycles. The third-order valence-corrected chi connectivity index (χ3v) is 3.65. The van der Waals surface area contributed by atoms with Crippen LogP contribution in [0.4, 0.5) is 0 Å². The van der Waals surface area contributed by atoms with Crippen molar-refractivity contribution in [3.8, 4) is 29.0 Å². The number of halogens is 1. The van der Waals surface area contributed by atoms with Gasteiger partial charge < -0.3 is 18.9 Å². The lowest BCUT2D eigenvalue weighted by Crippen LogP contribution is -2.11. The van der Waals surface area contributed by atoms with E-state index >= 15 is 0 Å². The number of aromatic nitrogens is 3. The first kappa shape index (κ1) is 17.9. The summed E-state index contributed by atoms with van der Waals surface area (Å²) in [6, 6.07) is 10.9. The summed E-state index contributed by atoms with van der Waals surface area (Å²) in [7, 11) is 1.60. The first-order valence-electron chi connectivity index (χ1n) is 7.73. The fraction of sp³-hybridized carbons (Fsp3) is 0.167. The van der Waals surface area contributed by atoms with E-state index in [0.717, 1.165) is 4.47 Å². The summed E-state index contributed by atoms with van der Waals surface area (Å²) < 4.78 is 23.0. The maximum absolute atomic E-state index is 5.79. The zero-order valence-corrected chi connectivity index (χ0v) is 15.5. The van der Waals surface area contributed by atoms with E-state index in [1.165, 1.54) is 6.33 Å². The van der Waals surface area contributed by atoms with E-state index in [9.17, 15) is 0 Å². The molecule has 1 aromatic carbocycles. The van der Waals surface area contributed by atoms with Gasteiger partial charge in [0.25, 0.3) is 5.88 Å². The molecule has 2 aromatic heterocycles. The third-order valence-electron chi connectivity index (χ3n) is 3.19. The number of hydrogen-bond acceptors (Lipinski definition) is 7. The van der Waals surface area contributed by atoms with Crippen molar-refractivity contribution in [2.75, 3.05) is 20.3 Å². The first-order chi connectivity index (χ1) is 12.7. The molecule has 7 nitrogen and oxygen atoms in total. The zero-order chi connectivity index (χ0) is 18.2. The molecule has 0 unspecified atom stereocenters. The minimum absolute atomic E-state index is 0.281. The molecule has 26 heavy (non-hydrogen) atoms. The Kier molecular flexibility index (Phi) is 6.21. The lowest BCUT2D eigenvalue weighted by Gasteiger charge is -2.11. The maximum Gasteiger partial charge on any atom is 0.260 e. The average molecular weight is 418 g/mol. The SMILES string of the molecule is COc1cccc(Oc2cncnc2OCCOc2ccc(Br)cn2)c1. The Bertz CT molecular complexity index is 846. The van der Waals surface area contributed by atoms with Crippen molar-refractivity contribution in [2.45, 2.75) is 0 Å². The van der Waals surface area contributed by atoms with Gasteiger partial charge in [-0.15, -0.1) is 0 Å². The Balaban J connectivity index is 1.57. The molecule has 3 rings (SSSR count). The molecule has 0 aliphatic rings. The van der Waals surface area contributed by atoms with Gasteiger partial charge >= 0.3 is 0 Å². The molecule has 0 radical (unpaired) electrons. The highest BCUT2D eigenvalue weighted by molar-refractivity contribution is 9.10. The van der Waals surface area contributed by atoms with Crippen molar-refractivity contribution in [3.05, 3.63) is 59.6 Å². The minimum Gasteiger partial charge on any atom is -0.497 e. The van der Waals surface area contributed by atoms with Crippen LogP contribution in [0.15, 0.2) is 59.6 Å². The molecule has 8 heteroatoms. The molecular formula is C18H16BrN3O4. The zero-order valence-electron chi connectivity index (χ0n) is 14.0. The summed E-state index contributed by atoms with van der Waals surface area (Å²) in [5.41, 5.74) is 0. The van der Waals surface area contributed by atoms with E-state index < -0.39 is 0 Å². The highest BCUT2D eigenvalue weighted by Gasteiger charge is 2.09. The Labute approximate surface area is 159 Å². The Morgan fingerprint density at radius 1 is 0.962 bits per heavy atom. The van der Waals surface area contributed by atoms with Crippen molar-refractivity contribution >= 4 is 15.9 Å². The van der Waals surface area contributed by atoms with Gasteiger partial charge in [-0.1, -0.05) is 6.07 Å². The van der Waals surface area contributed by atoms with E-state index in [4.69, 9.17) is 18.9 Å². The van der Waals surface area contributed by atoms with Crippen molar-refractivity contribution in [2.24, 2.45) is 0 Å². The Morgan fingerprint density at radius 3 is 2.62 bits per heavy atom. The highest BCUT2D eigenvalue weighted by atomic mass is 79.9. The highest BCUT2D eigenvalue weighted by Crippen LogP contribution is 2.30. The van der Waals surface area contributed by atoms with Gasteiger partial charge in [0.05, 0.1) is 13.3 Å². The summed E-state index contributed by atoms with van der Waals surface area (Å²) in [5, 5.41) is 0. The van der Waals surface area contributed by atoms with Gasteiger partial charge in [-0.05, 0) is 34.1 Å². The summed E-state index contributed by atoms with van der Waals surface area (Å²) in [6.07, 6.45) is 4.60. The quantitative estimate of drug-likeness (QED) is 0.514. The van der Waals surface area contributed by atoms with Crippen molar-refractivity contribution in [3.63, 3.8) is 0 Å². The second-order valence-electron chi connectivity index (χ2n) is 4.98. The number of rotatable bonds is 8. The monoisotopic (exact) mass is 417 g/mol. The number of benzene rings is 1. The van der Waals surface area contributed by atoms with Gasteiger partial charge in [-0.2, -0.15) is 4.98 Å². The summed E-state index contributed by atoms with van der Waals surface area (Å²) in [6.45, 7) is 0.598. The van der Waals surface area contributed by atoms with Crippen molar-refractivity contribution in [1.82, 2.24) is 15.0 Å². The summed E-state index contributed by atoms with van der Waals surface area (Å²) in [5.74, 6) is 2.54. The molecule has 3 aromatic rings. The fourth-order valence-corrected chi connectivity index (χ4v) is 2.24. The molecule has 0 N–H and O–H groups in total. The molecule has 0 saturated heterocycles.